The minimum atomic E-state index is 0.0839. The Kier molecular flexibility index (Phi) is 7.72. The summed E-state index contributed by atoms with van der Waals surface area (Å²) >= 11 is 1.72. The molecule has 1 fully saturated rings. The van der Waals surface area contributed by atoms with Gasteiger partial charge in [0.1, 0.15) is 5.75 Å². The van der Waals surface area contributed by atoms with E-state index in [-0.39, 0.29) is 11.5 Å². The molecule has 0 bridgehead atoms. The van der Waals surface area contributed by atoms with E-state index in [0.29, 0.717) is 6.54 Å². The summed E-state index contributed by atoms with van der Waals surface area (Å²) in [4.78, 5) is 11.7. The summed E-state index contributed by atoms with van der Waals surface area (Å²) in [5.41, 5.74) is 2.36. The molecule has 0 spiro atoms. The summed E-state index contributed by atoms with van der Waals surface area (Å²) in [7, 11) is 3.55. The number of hydrogen-bond acceptors (Lipinski definition) is 5. The standard InChI is InChI=1S/C23H35N5OS/c1-23(2,3)21-27-17(16-30-21)14-25-22(24-4)26-15-19(28-12-8-9-13-28)18-10-6-7-11-20(18)29-5/h6-7,10-11,16,19H,8-9,12-15H2,1-5H3,(H2,24,25,26). The lowest BCUT2D eigenvalue weighted by Gasteiger charge is -2.30. The van der Waals surface area contributed by atoms with Crippen LogP contribution < -0.4 is 15.4 Å². The molecule has 3 rings (SSSR count). The van der Waals surface area contributed by atoms with Crippen LogP contribution in [0.1, 0.15) is 55.9 Å². The zero-order valence-electron chi connectivity index (χ0n) is 18.9. The van der Waals surface area contributed by atoms with Crippen molar-refractivity contribution in [2.75, 3.05) is 33.8 Å². The third-order valence-corrected chi connectivity index (χ3v) is 6.71. The van der Waals surface area contributed by atoms with Crippen molar-refractivity contribution in [3.63, 3.8) is 0 Å². The van der Waals surface area contributed by atoms with E-state index in [2.05, 4.69) is 58.8 Å². The average molecular weight is 430 g/mol. The molecular formula is C23H35N5OS. The van der Waals surface area contributed by atoms with E-state index in [4.69, 9.17) is 9.72 Å². The Bertz CT molecular complexity index is 836. The third kappa shape index (κ3) is 5.73. The first-order valence-corrected chi connectivity index (χ1v) is 11.6. The number of likely N-dealkylation sites (tertiary alicyclic amines) is 1. The molecule has 1 unspecified atom stereocenters. The molecule has 30 heavy (non-hydrogen) atoms. The van der Waals surface area contributed by atoms with Gasteiger partial charge in [0.05, 0.1) is 30.4 Å². The SMILES string of the molecule is CN=C(NCc1csc(C(C)(C)C)n1)NCC(c1ccccc1OC)N1CCCC1. The molecule has 1 aliphatic rings. The van der Waals surface area contributed by atoms with Crippen LogP contribution in [-0.4, -0.2) is 49.6 Å². The number of benzene rings is 1. The average Bonchev–Trinajstić information content (AvgIpc) is 3.43. The van der Waals surface area contributed by atoms with Gasteiger partial charge in [0.15, 0.2) is 5.96 Å². The monoisotopic (exact) mass is 429 g/mol. The highest BCUT2D eigenvalue weighted by atomic mass is 32.1. The highest BCUT2D eigenvalue weighted by Crippen LogP contribution is 2.31. The van der Waals surface area contributed by atoms with Crippen LogP contribution in [0.25, 0.3) is 0 Å². The number of aliphatic imine (C=N–C) groups is 1. The summed E-state index contributed by atoms with van der Waals surface area (Å²) in [5.74, 6) is 1.73. The lowest BCUT2D eigenvalue weighted by atomic mass is 9.98. The summed E-state index contributed by atoms with van der Waals surface area (Å²) in [6, 6.07) is 8.57. The fourth-order valence-electron chi connectivity index (χ4n) is 3.75. The quantitative estimate of drug-likeness (QED) is 0.515. The van der Waals surface area contributed by atoms with Crippen molar-refractivity contribution >= 4 is 17.3 Å². The van der Waals surface area contributed by atoms with Gasteiger partial charge in [0.25, 0.3) is 0 Å². The van der Waals surface area contributed by atoms with Crippen molar-refractivity contribution in [3.8, 4) is 5.75 Å². The number of hydrogen-bond donors (Lipinski definition) is 2. The number of ether oxygens (including phenoxy) is 1. The van der Waals surface area contributed by atoms with Gasteiger partial charge in [-0.2, -0.15) is 0 Å². The van der Waals surface area contributed by atoms with E-state index in [1.165, 1.54) is 18.4 Å². The Morgan fingerprint density at radius 2 is 1.97 bits per heavy atom. The highest BCUT2D eigenvalue weighted by Gasteiger charge is 2.26. The number of para-hydroxylation sites is 1. The maximum Gasteiger partial charge on any atom is 0.191 e. The Labute approximate surface area is 184 Å². The zero-order chi connectivity index (χ0) is 21.6. The van der Waals surface area contributed by atoms with Crippen LogP contribution in [0.2, 0.25) is 0 Å². The molecule has 0 amide bonds. The topological polar surface area (TPSA) is 61.8 Å². The number of rotatable bonds is 7. The van der Waals surface area contributed by atoms with Gasteiger partial charge < -0.3 is 15.4 Å². The first kappa shape index (κ1) is 22.6. The zero-order valence-corrected chi connectivity index (χ0v) is 19.7. The molecule has 0 aliphatic carbocycles. The highest BCUT2D eigenvalue weighted by molar-refractivity contribution is 7.09. The maximum absolute atomic E-state index is 5.65. The van der Waals surface area contributed by atoms with E-state index in [9.17, 15) is 0 Å². The van der Waals surface area contributed by atoms with Gasteiger partial charge in [0, 0.05) is 30.0 Å². The lowest BCUT2D eigenvalue weighted by molar-refractivity contribution is 0.239. The van der Waals surface area contributed by atoms with E-state index in [0.717, 1.165) is 42.0 Å². The van der Waals surface area contributed by atoms with Crippen LogP contribution in [-0.2, 0) is 12.0 Å². The summed E-state index contributed by atoms with van der Waals surface area (Å²) < 4.78 is 5.65. The second-order valence-corrected chi connectivity index (χ2v) is 9.56. The number of nitrogens with zero attached hydrogens (tertiary/aromatic N) is 3. The smallest absolute Gasteiger partial charge is 0.191 e. The molecule has 0 saturated carbocycles. The summed E-state index contributed by atoms with van der Waals surface area (Å²) in [5, 5.41) is 10.2. The first-order valence-electron chi connectivity index (χ1n) is 10.7. The predicted octanol–water partition coefficient (Wildman–Crippen LogP) is 3.95. The molecule has 1 aromatic carbocycles. The number of aromatic nitrogens is 1. The fraction of sp³-hybridized carbons (Fsp3) is 0.565. The van der Waals surface area contributed by atoms with Crippen molar-refractivity contribution in [2.24, 2.45) is 4.99 Å². The van der Waals surface area contributed by atoms with Crippen molar-refractivity contribution in [3.05, 3.63) is 45.9 Å². The molecule has 1 aromatic heterocycles. The van der Waals surface area contributed by atoms with E-state index < -0.39 is 0 Å². The van der Waals surface area contributed by atoms with Gasteiger partial charge in [-0.15, -0.1) is 11.3 Å². The van der Waals surface area contributed by atoms with Crippen molar-refractivity contribution < 1.29 is 4.74 Å². The number of thiazole rings is 1. The van der Waals surface area contributed by atoms with Gasteiger partial charge in [-0.25, -0.2) is 4.98 Å². The van der Waals surface area contributed by atoms with Crippen LogP contribution in [0.15, 0.2) is 34.6 Å². The molecule has 2 N–H and O–H groups in total. The van der Waals surface area contributed by atoms with Gasteiger partial charge in [0.2, 0.25) is 0 Å². The largest absolute Gasteiger partial charge is 0.496 e. The van der Waals surface area contributed by atoms with Crippen LogP contribution >= 0.6 is 11.3 Å². The molecule has 2 heterocycles. The van der Waals surface area contributed by atoms with E-state index >= 15 is 0 Å². The Hall–Kier alpha value is -2.12. The predicted molar refractivity (Wildman–Crippen MR) is 126 cm³/mol. The number of nitrogens with one attached hydrogen (secondary N) is 2. The van der Waals surface area contributed by atoms with Crippen molar-refractivity contribution in [2.45, 2.75) is 51.6 Å². The Balaban J connectivity index is 1.64. The Morgan fingerprint density at radius 1 is 1.23 bits per heavy atom. The van der Waals surface area contributed by atoms with Crippen molar-refractivity contribution in [1.82, 2.24) is 20.5 Å². The molecule has 1 saturated heterocycles. The molecule has 2 aromatic rings. The molecular weight excluding hydrogens is 394 g/mol. The number of methoxy groups -OCH3 is 1. The van der Waals surface area contributed by atoms with E-state index in [1.807, 2.05) is 19.2 Å². The third-order valence-electron chi connectivity index (χ3n) is 5.40. The van der Waals surface area contributed by atoms with Gasteiger partial charge in [-0.1, -0.05) is 39.0 Å². The summed E-state index contributed by atoms with van der Waals surface area (Å²) in [6.45, 7) is 10.2. The van der Waals surface area contributed by atoms with Crippen LogP contribution in [0.5, 0.6) is 5.75 Å². The second-order valence-electron chi connectivity index (χ2n) is 8.70. The molecule has 1 atom stereocenters. The second kappa shape index (κ2) is 10.3. The normalized spacial score (nSPS) is 16.5. The molecule has 1 aliphatic heterocycles. The van der Waals surface area contributed by atoms with Crippen molar-refractivity contribution in [1.29, 1.82) is 0 Å². The van der Waals surface area contributed by atoms with E-state index in [1.54, 1.807) is 18.4 Å². The lowest BCUT2D eigenvalue weighted by Crippen LogP contribution is -2.42. The molecule has 6 nitrogen and oxygen atoms in total. The first-order chi connectivity index (χ1) is 14.4. The molecule has 7 heteroatoms. The van der Waals surface area contributed by atoms with Crippen LogP contribution in [0, 0.1) is 0 Å². The van der Waals surface area contributed by atoms with Crippen LogP contribution in [0.4, 0.5) is 0 Å². The fourth-order valence-corrected chi connectivity index (χ4v) is 4.66. The molecule has 0 radical (unpaired) electrons. The van der Waals surface area contributed by atoms with Crippen LogP contribution in [0.3, 0.4) is 0 Å². The number of guanidine groups is 1. The molecule has 164 valence electrons. The minimum absolute atomic E-state index is 0.0839. The Morgan fingerprint density at radius 3 is 2.60 bits per heavy atom. The van der Waals surface area contributed by atoms with Gasteiger partial charge in [-0.05, 0) is 32.0 Å². The summed E-state index contributed by atoms with van der Waals surface area (Å²) in [6.07, 6.45) is 2.50. The minimum Gasteiger partial charge on any atom is -0.496 e. The maximum atomic E-state index is 5.65. The van der Waals surface area contributed by atoms with Gasteiger partial charge in [-0.3, -0.25) is 9.89 Å². The van der Waals surface area contributed by atoms with Gasteiger partial charge >= 0.3 is 0 Å².